The van der Waals surface area contributed by atoms with Gasteiger partial charge in [0, 0.05) is 33.5 Å². The second-order valence-electron chi connectivity index (χ2n) is 3.60. The molecule has 6 heteroatoms. The molecule has 0 rings (SSSR count). The van der Waals surface area contributed by atoms with Gasteiger partial charge in [0.2, 0.25) is 11.8 Å². The van der Waals surface area contributed by atoms with Crippen LogP contribution in [0.4, 0.5) is 0 Å². The summed E-state index contributed by atoms with van der Waals surface area (Å²) in [6.07, 6.45) is 0.426. The van der Waals surface area contributed by atoms with E-state index in [9.17, 15) is 14.4 Å². The van der Waals surface area contributed by atoms with E-state index in [2.05, 4.69) is 5.32 Å². The maximum absolute atomic E-state index is 11.5. The standard InChI is InChI=1S/C11H20N2O4/c1-4-17-11(16)6-8-13(3)10(15)5-7-12-9(2)14/h4-8H2,1-3H3,(H,12,14). The molecule has 0 fully saturated rings. The molecule has 0 bridgehead atoms. The Labute approximate surface area is 101 Å². The van der Waals surface area contributed by atoms with Crippen molar-refractivity contribution in [3.63, 3.8) is 0 Å². The quantitative estimate of drug-likeness (QED) is 0.636. The highest BCUT2D eigenvalue weighted by Gasteiger charge is 2.10. The minimum absolute atomic E-state index is 0.108. The summed E-state index contributed by atoms with van der Waals surface area (Å²) < 4.78 is 4.75. The summed E-state index contributed by atoms with van der Waals surface area (Å²) in [7, 11) is 1.62. The van der Waals surface area contributed by atoms with Crippen molar-refractivity contribution in [3.05, 3.63) is 0 Å². The Morgan fingerprint density at radius 1 is 1.24 bits per heavy atom. The van der Waals surface area contributed by atoms with Gasteiger partial charge in [-0.15, -0.1) is 0 Å². The molecule has 0 radical (unpaired) electrons. The largest absolute Gasteiger partial charge is 0.466 e. The van der Waals surface area contributed by atoms with Crippen molar-refractivity contribution in [2.45, 2.75) is 26.7 Å². The van der Waals surface area contributed by atoms with Gasteiger partial charge in [0.25, 0.3) is 0 Å². The van der Waals surface area contributed by atoms with Crippen LogP contribution >= 0.6 is 0 Å². The molecule has 0 saturated heterocycles. The lowest BCUT2D eigenvalue weighted by Crippen LogP contribution is -2.32. The van der Waals surface area contributed by atoms with Crippen LogP contribution in [0.3, 0.4) is 0 Å². The number of hydrogen-bond donors (Lipinski definition) is 1. The summed E-state index contributed by atoms with van der Waals surface area (Å²) in [5.74, 6) is -0.580. The first kappa shape index (κ1) is 15.4. The third-order valence-electron chi connectivity index (χ3n) is 2.10. The van der Waals surface area contributed by atoms with Gasteiger partial charge in [-0.05, 0) is 6.92 Å². The molecule has 98 valence electrons. The predicted octanol–water partition coefficient (Wildman–Crippen LogP) is -0.0758. The highest BCUT2D eigenvalue weighted by molar-refractivity contribution is 5.78. The summed E-state index contributed by atoms with van der Waals surface area (Å²) >= 11 is 0. The molecular weight excluding hydrogens is 224 g/mol. The van der Waals surface area contributed by atoms with Gasteiger partial charge in [-0.2, -0.15) is 0 Å². The molecule has 0 aliphatic rings. The Bertz CT molecular complexity index is 279. The zero-order chi connectivity index (χ0) is 13.3. The van der Waals surface area contributed by atoms with Gasteiger partial charge in [0.15, 0.2) is 0 Å². The van der Waals surface area contributed by atoms with E-state index in [1.807, 2.05) is 0 Å². The van der Waals surface area contributed by atoms with E-state index in [0.717, 1.165) is 0 Å². The molecule has 0 heterocycles. The number of ether oxygens (including phenoxy) is 1. The first-order valence-electron chi connectivity index (χ1n) is 5.61. The van der Waals surface area contributed by atoms with E-state index < -0.39 is 0 Å². The third-order valence-corrected chi connectivity index (χ3v) is 2.10. The molecule has 0 aromatic rings. The lowest BCUT2D eigenvalue weighted by molar-refractivity contribution is -0.143. The van der Waals surface area contributed by atoms with Crippen LogP contribution in [0.2, 0.25) is 0 Å². The fourth-order valence-electron chi connectivity index (χ4n) is 1.15. The van der Waals surface area contributed by atoms with Crippen LogP contribution in [0.15, 0.2) is 0 Å². The fourth-order valence-corrected chi connectivity index (χ4v) is 1.15. The van der Waals surface area contributed by atoms with Crippen molar-refractivity contribution in [3.8, 4) is 0 Å². The van der Waals surface area contributed by atoms with Crippen LogP contribution in [-0.2, 0) is 19.1 Å². The van der Waals surface area contributed by atoms with Crippen LogP contribution in [-0.4, -0.2) is 49.4 Å². The van der Waals surface area contributed by atoms with Crippen molar-refractivity contribution in [1.29, 1.82) is 0 Å². The first-order chi connectivity index (χ1) is 7.97. The maximum Gasteiger partial charge on any atom is 0.307 e. The number of nitrogens with zero attached hydrogens (tertiary/aromatic N) is 1. The Hall–Kier alpha value is -1.59. The Balaban J connectivity index is 3.74. The SMILES string of the molecule is CCOC(=O)CCN(C)C(=O)CCNC(C)=O. The number of hydrogen-bond acceptors (Lipinski definition) is 4. The van der Waals surface area contributed by atoms with Gasteiger partial charge in [-0.1, -0.05) is 0 Å². The lowest BCUT2D eigenvalue weighted by Gasteiger charge is -2.16. The van der Waals surface area contributed by atoms with Crippen LogP contribution in [0.5, 0.6) is 0 Å². The van der Waals surface area contributed by atoms with Gasteiger partial charge in [-0.3, -0.25) is 14.4 Å². The van der Waals surface area contributed by atoms with Crippen LogP contribution in [0.25, 0.3) is 0 Å². The lowest BCUT2D eigenvalue weighted by atomic mass is 10.3. The molecule has 2 amide bonds. The molecular formula is C11H20N2O4. The highest BCUT2D eigenvalue weighted by atomic mass is 16.5. The van der Waals surface area contributed by atoms with E-state index >= 15 is 0 Å². The Morgan fingerprint density at radius 2 is 1.88 bits per heavy atom. The normalized spacial score (nSPS) is 9.59. The van der Waals surface area contributed by atoms with Gasteiger partial charge in [0.1, 0.15) is 0 Å². The molecule has 17 heavy (non-hydrogen) atoms. The molecule has 0 aliphatic heterocycles. The molecule has 0 unspecified atom stereocenters. The average molecular weight is 244 g/mol. The number of carbonyl (C=O) groups excluding carboxylic acids is 3. The third kappa shape index (κ3) is 8.24. The molecule has 0 aromatic carbocycles. The topological polar surface area (TPSA) is 75.7 Å². The van der Waals surface area contributed by atoms with Crippen molar-refractivity contribution in [2.24, 2.45) is 0 Å². The van der Waals surface area contributed by atoms with Crippen LogP contribution in [0, 0.1) is 0 Å². The fraction of sp³-hybridized carbons (Fsp3) is 0.727. The average Bonchev–Trinajstić information content (AvgIpc) is 2.25. The molecule has 0 spiro atoms. The maximum atomic E-state index is 11.5. The van der Waals surface area contributed by atoms with Crippen LogP contribution < -0.4 is 5.32 Å². The summed E-state index contributed by atoms with van der Waals surface area (Å²) in [5.41, 5.74) is 0. The molecule has 0 atom stereocenters. The second kappa shape index (κ2) is 8.55. The summed E-state index contributed by atoms with van der Waals surface area (Å²) in [5, 5.41) is 2.54. The molecule has 0 aromatic heterocycles. The first-order valence-corrected chi connectivity index (χ1v) is 5.61. The monoisotopic (exact) mass is 244 g/mol. The second-order valence-corrected chi connectivity index (χ2v) is 3.60. The molecule has 0 aliphatic carbocycles. The molecule has 6 nitrogen and oxygen atoms in total. The summed E-state index contributed by atoms with van der Waals surface area (Å²) in [4.78, 5) is 34.6. The van der Waals surface area contributed by atoms with Crippen molar-refractivity contribution in [1.82, 2.24) is 10.2 Å². The van der Waals surface area contributed by atoms with Crippen LogP contribution in [0.1, 0.15) is 26.7 Å². The number of carbonyl (C=O) groups is 3. The van der Waals surface area contributed by atoms with Gasteiger partial charge in [-0.25, -0.2) is 0 Å². The van der Waals surface area contributed by atoms with Gasteiger partial charge >= 0.3 is 5.97 Å². The van der Waals surface area contributed by atoms with Gasteiger partial charge < -0.3 is 15.0 Å². The smallest absolute Gasteiger partial charge is 0.307 e. The van der Waals surface area contributed by atoms with E-state index in [0.29, 0.717) is 19.7 Å². The predicted molar refractivity (Wildman–Crippen MR) is 62.2 cm³/mol. The zero-order valence-corrected chi connectivity index (χ0v) is 10.6. The van der Waals surface area contributed by atoms with Crippen molar-refractivity contribution < 1.29 is 19.1 Å². The zero-order valence-electron chi connectivity index (χ0n) is 10.6. The molecule has 0 saturated carbocycles. The van der Waals surface area contributed by atoms with E-state index in [1.54, 1.807) is 14.0 Å². The number of nitrogens with one attached hydrogen (secondary N) is 1. The van der Waals surface area contributed by atoms with Crippen molar-refractivity contribution >= 4 is 17.8 Å². The highest BCUT2D eigenvalue weighted by Crippen LogP contribution is 1.94. The van der Waals surface area contributed by atoms with Crippen molar-refractivity contribution in [2.75, 3.05) is 26.7 Å². The van der Waals surface area contributed by atoms with E-state index in [4.69, 9.17) is 4.74 Å². The van der Waals surface area contributed by atoms with E-state index in [1.165, 1.54) is 11.8 Å². The Morgan fingerprint density at radius 3 is 2.41 bits per heavy atom. The summed E-state index contributed by atoms with van der Waals surface area (Å²) in [6.45, 7) is 4.13. The minimum atomic E-state index is -0.311. The minimum Gasteiger partial charge on any atom is -0.466 e. The Kier molecular flexibility index (Phi) is 7.75. The van der Waals surface area contributed by atoms with E-state index in [-0.39, 0.29) is 30.6 Å². The molecule has 1 N–H and O–H groups in total. The number of amides is 2. The number of esters is 1. The summed E-state index contributed by atoms with van der Waals surface area (Å²) in [6, 6.07) is 0. The van der Waals surface area contributed by atoms with Gasteiger partial charge in [0.05, 0.1) is 13.0 Å². The number of rotatable bonds is 7.